The summed E-state index contributed by atoms with van der Waals surface area (Å²) in [4.78, 5) is 23.3. The summed E-state index contributed by atoms with van der Waals surface area (Å²) in [5.74, 6) is 0.933. The molecule has 0 aliphatic heterocycles. The predicted octanol–water partition coefficient (Wildman–Crippen LogP) is 5.06. The van der Waals surface area contributed by atoms with Gasteiger partial charge in [-0.3, -0.25) is 0 Å². The lowest BCUT2D eigenvalue weighted by atomic mass is 10.0. The highest BCUT2D eigenvalue weighted by molar-refractivity contribution is 5.69. The number of imidazole rings is 1. The number of hydrogen-bond acceptors (Lipinski definition) is 6. The first kappa shape index (κ1) is 23.2. The van der Waals surface area contributed by atoms with Gasteiger partial charge in [0, 0.05) is 24.5 Å². The first-order valence-corrected chi connectivity index (χ1v) is 10.8. The number of hydrogen-bond donors (Lipinski definition) is 0. The van der Waals surface area contributed by atoms with Crippen molar-refractivity contribution < 1.29 is 14.3 Å². The summed E-state index contributed by atoms with van der Waals surface area (Å²) >= 11 is 0. The van der Waals surface area contributed by atoms with Gasteiger partial charge in [-0.1, -0.05) is 24.3 Å². The molecule has 2 heterocycles. The molecule has 2 aromatic heterocycles. The fourth-order valence-corrected chi connectivity index (χ4v) is 3.26. The van der Waals surface area contributed by atoms with Crippen LogP contribution in [0.1, 0.15) is 52.6 Å². The summed E-state index contributed by atoms with van der Waals surface area (Å²) in [6.07, 6.45) is 5.57. The molecule has 0 spiro atoms. The van der Waals surface area contributed by atoms with E-state index in [-0.39, 0.29) is 12.1 Å². The number of fused-ring (bicyclic) bond motifs is 1. The van der Waals surface area contributed by atoms with Crippen molar-refractivity contribution in [3.8, 4) is 17.3 Å². The molecular weight excluding hydrogens is 406 g/mol. The van der Waals surface area contributed by atoms with E-state index in [1.807, 2.05) is 58.9 Å². The molecule has 0 N–H and O–H groups in total. The van der Waals surface area contributed by atoms with E-state index in [0.29, 0.717) is 36.9 Å². The zero-order valence-electron chi connectivity index (χ0n) is 19.4. The van der Waals surface area contributed by atoms with Crippen LogP contribution < -0.4 is 4.74 Å². The molecule has 0 unspecified atom stereocenters. The number of carbonyl (C=O) groups excluding carboxylic acids is 1. The van der Waals surface area contributed by atoms with Gasteiger partial charge < -0.3 is 14.4 Å². The minimum atomic E-state index is -0.553. The van der Waals surface area contributed by atoms with Gasteiger partial charge in [0.1, 0.15) is 5.60 Å². The molecule has 170 valence electrons. The van der Waals surface area contributed by atoms with Gasteiger partial charge >= 0.3 is 6.09 Å². The molecule has 0 aliphatic carbocycles. The molecule has 0 saturated heterocycles. The van der Waals surface area contributed by atoms with Crippen LogP contribution >= 0.6 is 0 Å². The molecule has 1 atom stereocenters. The van der Waals surface area contributed by atoms with Crippen molar-refractivity contribution in [2.24, 2.45) is 0 Å². The molecule has 32 heavy (non-hydrogen) atoms. The molecule has 0 radical (unpaired) electrons. The lowest BCUT2D eigenvalue weighted by Gasteiger charge is -2.31. The molecule has 1 amide bonds. The number of amides is 1. The highest BCUT2D eigenvalue weighted by atomic mass is 16.6. The maximum absolute atomic E-state index is 12.7. The second kappa shape index (κ2) is 9.80. The van der Waals surface area contributed by atoms with Crippen LogP contribution in [-0.2, 0) is 4.74 Å². The molecule has 3 rings (SSSR count). The predicted molar refractivity (Wildman–Crippen MR) is 124 cm³/mol. The van der Waals surface area contributed by atoms with Gasteiger partial charge in [0.15, 0.2) is 5.82 Å². The number of nitrogens with zero attached hydrogens (tertiary/aromatic N) is 5. The van der Waals surface area contributed by atoms with Gasteiger partial charge in [-0.2, -0.15) is 4.98 Å². The van der Waals surface area contributed by atoms with Crippen LogP contribution in [0.2, 0.25) is 0 Å². The third-order valence-electron chi connectivity index (χ3n) is 4.85. The highest BCUT2D eigenvalue weighted by Gasteiger charge is 2.26. The molecule has 1 aromatic carbocycles. The molecular formula is C24H31N5O3. The maximum atomic E-state index is 12.7. The Morgan fingerprint density at radius 1 is 1.34 bits per heavy atom. The molecule has 8 nitrogen and oxygen atoms in total. The smallest absolute Gasteiger partial charge is 0.410 e. The van der Waals surface area contributed by atoms with Crippen LogP contribution in [0, 0.1) is 0 Å². The van der Waals surface area contributed by atoms with Gasteiger partial charge in [0.2, 0.25) is 5.65 Å². The standard InChI is InChI=1S/C24H31N5O3/c1-7-9-15-31-22-21-25-13-14-29(21)27-20(26-22)19-12-10-11-18(16-19)17(3)28(8-2)23(30)32-24(4,5)6/h7,10-14,16-17H,1,8-9,15H2,2-6H3/t17-/m1/s1. The van der Waals surface area contributed by atoms with Crippen molar-refractivity contribution in [1.29, 1.82) is 0 Å². The quantitative estimate of drug-likeness (QED) is 0.362. The maximum Gasteiger partial charge on any atom is 0.410 e. The first-order chi connectivity index (χ1) is 15.2. The number of benzene rings is 1. The monoisotopic (exact) mass is 437 g/mol. The van der Waals surface area contributed by atoms with Gasteiger partial charge in [0.05, 0.1) is 12.6 Å². The summed E-state index contributed by atoms with van der Waals surface area (Å²) in [5, 5.41) is 4.58. The van der Waals surface area contributed by atoms with Gasteiger partial charge in [-0.25, -0.2) is 14.3 Å². The van der Waals surface area contributed by atoms with E-state index in [0.717, 1.165) is 11.1 Å². The number of rotatable bonds is 8. The van der Waals surface area contributed by atoms with Crippen LogP contribution in [0.25, 0.3) is 17.0 Å². The Morgan fingerprint density at radius 2 is 2.12 bits per heavy atom. The van der Waals surface area contributed by atoms with Crippen LogP contribution in [0.4, 0.5) is 4.79 Å². The van der Waals surface area contributed by atoms with E-state index in [4.69, 9.17) is 9.47 Å². The minimum Gasteiger partial charge on any atom is -0.475 e. The van der Waals surface area contributed by atoms with E-state index in [1.165, 1.54) is 0 Å². The van der Waals surface area contributed by atoms with Crippen LogP contribution in [0.5, 0.6) is 5.88 Å². The number of aromatic nitrogens is 4. The molecule has 0 bridgehead atoms. The third-order valence-corrected chi connectivity index (χ3v) is 4.85. The van der Waals surface area contributed by atoms with Gasteiger partial charge in [-0.15, -0.1) is 11.7 Å². The summed E-state index contributed by atoms with van der Waals surface area (Å²) in [5.41, 5.74) is 1.78. The SMILES string of the molecule is C=CCCOc1nc(-c2cccc([C@@H](C)N(CC)C(=O)OC(C)(C)C)c2)nn2ccnc12. The third kappa shape index (κ3) is 5.43. The Labute approximate surface area is 188 Å². The Balaban J connectivity index is 1.92. The van der Waals surface area contributed by atoms with Crippen LogP contribution in [-0.4, -0.2) is 49.3 Å². The molecule has 8 heteroatoms. The molecule has 0 fully saturated rings. The zero-order valence-corrected chi connectivity index (χ0v) is 19.4. The van der Waals surface area contributed by atoms with Gasteiger partial charge in [-0.05, 0) is 52.7 Å². The zero-order chi connectivity index (χ0) is 23.3. The number of carbonyl (C=O) groups is 1. The Kier molecular flexibility index (Phi) is 7.12. The van der Waals surface area contributed by atoms with Crippen molar-refractivity contribution in [3.05, 3.63) is 54.9 Å². The largest absolute Gasteiger partial charge is 0.475 e. The normalized spacial score (nSPS) is 12.4. The van der Waals surface area contributed by atoms with Crippen molar-refractivity contribution in [3.63, 3.8) is 0 Å². The molecule has 3 aromatic rings. The van der Waals surface area contributed by atoms with Crippen LogP contribution in [0.15, 0.2) is 49.3 Å². The lowest BCUT2D eigenvalue weighted by Crippen LogP contribution is -2.38. The minimum absolute atomic E-state index is 0.185. The first-order valence-electron chi connectivity index (χ1n) is 10.8. The summed E-state index contributed by atoms with van der Waals surface area (Å²) in [6, 6.07) is 7.66. The van der Waals surface area contributed by atoms with Crippen molar-refractivity contribution in [2.75, 3.05) is 13.2 Å². The van der Waals surface area contributed by atoms with Gasteiger partial charge in [0.25, 0.3) is 5.88 Å². The van der Waals surface area contributed by atoms with E-state index in [1.54, 1.807) is 27.9 Å². The van der Waals surface area contributed by atoms with Crippen molar-refractivity contribution >= 4 is 11.7 Å². The summed E-state index contributed by atoms with van der Waals surface area (Å²) in [6.45, 7) is 14.2. The second-order valence-electron chi connectivity index (χ2n) is 8.43. The van der Waals surface area contributed by atoms with E-state index in [2.05, 4.69) is 21.6 Å². The lowest BCUT2D eigenvalue weighted by molar-refractivity contribution is 0.0186. The Morgan fingerprint density at radius 3 is 2.81 bits per heavy atom. The summed E-state index contributed by atoms with van der Waals surface area (Å²) in [7, 11) is 0. The van der Waals surface area contributed by atoms with E-state index < -0.39 is 5.60 Å². The van der Waals surface area contributed by atoms with Crippen molar-refractivity contribution in [1.82, 2.24) is 24.5 Å². The van der Waals surface area contributed by atoms with Crippen molar-refractivity contribution in [2.45, 2.75) is 52.7 Å². The number of ether oxygens (including phenoxy) is 2. The topological polar surface area (TPSA) is 81.8 Å². The van der Waals surface area contributed by atoms with E-state index >= 15 is 0 Å². The Bertz CT molecular complexity index is 1090. The summed E-state index contributed by atoms with van der Waals surface area (Å²) < 4.78 is 13.0. The van der Waals surface area contributed by atoms with Crippen LogP contribution in [0.3, 0.4) is 0 Å². The van der Waals surface area contributed by atoms with E-state index in [9.17, 15) is 4.79 Å². The average Bonchev–Trinajstić information content (AvgIpc) is 3.22. The second-order valence-corrected chi connectivity index (χ2v) is 8.43. The molecule has 0 aliphatic rings. The fraction of sp³-hybridized carbons (Fsp3) is 0.417. The Hall–Kier alpha value is -3.42. The molecule has 0 saturated carbocycles. The average molecular weight is 438 g/mol. The highest BCUT2D eigenvalue weighted by Crippen LogP contribution is 2.27. The fourth-order valence-electron chi connectivity index (χ4n) is 3.26.